The van der Waals surface area contributed by atoms with Gasteiger partial charge in [-0.2, -0.15) is 12.1 Å². The molecule has 0 amide bonds. The summed E-state index contributed by atoms with van der Waals surface area (Å²) in [6.45, 7) is 8.72. The molecule has 0 saturated carbocycles. The Labute approximate surface area is 265 Å². The SMILES string of the molecule is CCc1ccc2c(c1)[cH-]c1cc(CC)ccc12.Cc1ccc(C)c2[cH-]ccc12.[Zr+2]=[C](c1ccccc1)c1ccccc1. The van der Waals surface area contributed by atoms with Crippen LogP contribution in [0.3, 0.4) is 0 Å². The molecule has 0 aliphatic carbocycles. The van der Waals surface area contributed by atoms with Crippen LogP contribution in [0.1, 0.15) is 47.2 Å². The molecule has 1 heteroatoms. The van der Waals surface area contributed by atoms with Gasteiger partial charge in [-0.3, -0.25) is 0 Å². The van der Waals surface area contributed by atoms with Crippen LogP contribution < -0.4 is 0 Å². The Morgan fingerprint density at radius 1 is 0.571 bits per heavy atom. The van der Waals surface area contributed by atoms with Crippen molar-refractivity contribution in [3.8, 4) is 0 Å². The normalized spacial score (nSPS) is 10.7. The summed E-state index contributed by atoms with van der Waals surface area (Å²) < 4.78 is 1.42. The third kappa shape index (κ3) is 6.86. The molecule has 0 aliphatic heterocycles. The van der Waals surface area contributed by atoms with Crippen LogP contribution >= 0.6 is 0 Å². The van der Waals surface area contributed by atoms with Crippen LogP contribution in [0.15, 0.2) is 133 Å². The summed E-state index contributed by atoms with van der Waals surface area (Å²) in [6, 6.07) is 47.9. The predicted molar refractivity (Wildman–Crippen MR) is 181 cm³/mol. The average molecular weight is 622 g/mol. The van der Waals surface area contributed by atoms with Gasteiger partial charge in [-0.15, -0.1) is 68.2 Å². The molecule has 7 aromatic rings. The van der Waals surface area contributed by atoms with Gasteiger partial charge >= 0.3 is 99.2 Å². The summed E-state index contributed by atoms with van der Waals surface area (Å²) in [7, 11) is 0. The van der Waals surface area contributed by atoms with E-state index in [9.17, 15) is 0 Å². The minimum absolute atomic E-state index is 1.11. The van der Waals surface area contributed by atoms with Crippen LogP contribution in [0.4, 0.5) is 0 Å². The van der Waals surface area contributed by atoms with Crippen LogP contribution in [-0.4, -0.2) is 3.21 Å². The zero-order valence-corrected chi connectivity index (χ0v) is 27.6. The zero-order valence-electron chi connectivity index (χ0n) is 25.1. The van der Waals surface area contributed by atoms with Gasteiger partial charge in [0.25, 0.3) is 0 Å². The molecule has 0 fully saturated rings. The van der Waals surface area contributed by atoms with Crippen LogP contribution in [0, 0.1) is 13.8 Å². The van der Waals surface area contributed by atoms with E-state index in [0.29, 0.717) is 0 Å². The molecule has 0 unspecified atom stereocenters. The Balaban J connectivity index is 0.000000129. The van der Waals surface area contributed by atoms with E-state index < -0.39 is 0 Å². The summed E-state index contributed by atoms with van der Waals surface area (Å²) in [4.78, 5) is 0. The minimum atomic E-state index is 1.11. The van der Waals surface area contributed by atoms with Crippen molar-refractivity contribution in [3.63, 3.8) is 0 Å². The van der Waals surface area contributed by atoms with Crippen molar-refractivity contribution < 1.29 is 24.2 Å². The molecule has 0 aliphatic rings. The van der Waals surface area contributed by atoms with E-state index in [1.165, 1.54) is 93.1 Å². The molecule has 0 heterocycles. The number of hydrogen-bond acceptors (Lipinski definition) is 0. The number of rotatable bonds is 4. The zero-order chi connectivity index (χ0) is 29.5. The Morgan fingerprint density at radius 3 is 1.55 bits per heavy atom. The number of aryl methyl sites for hydroxylation is 4. The fourth-order valence-electron chi connectivity index (χ4n) is 5.47. The molecule has 0 nitrogen and oxygen atoms in total. The van der Waals surface area contributed by atoms with Gasteiger partial charge in [0.2, 0.25) is 0 Å². The van der Waals surface area contributed by atoms with E-state index in [-0.39, 0.29) is 0 Å². The summed E-state index contributed by atoms with van der Waals surface area (Å²) in [5.41, 5.74) is 8.24. The van der Waals surface area contributed by atoms with E-state index >= 15 is 0 Å². The summed E-state index contributed by atoms with van der Waals surface area (Å²) >= 11 is 1.46. The van der Waals surface area contributed by atoms with E-state index in [1.54, 1.807) is 0 Å². The molecule has 0 atom stereocenters. The number of benzene rings is 5. The van der Waals surface area contributed by atoms with Crippen molar-refractivity contribution in [2.45, 2.75) is 40.5 Å². The molecular formula is C41H38Zr. The molecule has 0 saturated heterocycles. The standard InChI is InChI=1S/C17H17.C13H10.C11H11.Zr/c1-3-12-5-7-16-14(9-12)11-15-10-13(4-2)6-8-17(15)16;1-3-7-12(8-4-1)11-13-9-5-2-6-10-13;1-8-6-7-9(2)11-5-3-4-10(8)11;/h5-11H,3-4H2,1-2H3;1-10H;3-7H,1-2H3;/q-1;;-1;+2. The second-order valence-corrected chi connectivity index (χ2v) is 12.1. The third-order valence-electron chi connectivity index (χ3n) is 8.02. The Kier molecular flexibility index (Phi) is 9.94. The fraction of sp³-hybridized carbons (Fsp3) is 0.146. The quantitative estimate of drug-likeness (QED) is 0.172. The first-order valence-electron chi connectivity index (χ1n) is 14.9. The van der Waals surface area contributed by atoms with Gasteiger partial charge in [0.15, 0.2) is 0 Å². The molecule has 0 bridgehead atoms. The molecular weight excluding hydrogens is 584 g/mol. The second kappa shape index (κ2) is 14.0. The van der Waals surface area contributed by atoms with E-state index in [2.05, 4.69) is 161 Å². The van der Waals surface area contributed by atoms with E-state index in [1.807, 2.05) is 0 Å². The monoisotopic (exact) mass is 620 g/mol. The second-order valence-electron chi connectivity index (χ2n) is 10.9. The first-order chi connectivity index (χ1) is 20.5. The van der Waals surface area contributed by atoms with Crippen molar-refractivity contribution >= 4 is 35.5 Å². The van der Waals surface area contributed by atoms with Crippen molar-refractivity contribution in [2.75, 3.05) is 0 Å². The van der Waals surface area contributed by atoms with Crippen molar-refractivity contribution in [3.05, 3.63) is 167 Å². The van der Waals surface area contributed by atoms with Crippen molar-refractivity contribution in [1.29, 1.82) is 0 Å². The van der Waals surface area contributed by atoms with Gasteiger partial charge in [-0.25, -0.2) is 0 Å². The van der Waals surface area contributed by atoms with E-state index in [4.69, 9.17) is 0 Å². The molecule has 0 spiro atoms. The molecule has 0 radical (unpaired) electrons. The van der Waals surface area contributed by atoms with Gasteiger partial charge in [0.05, 0.1) is 0 Å². The maximum absolute atomic E-state index is 2.32. The predicted octanol–water partition coefficient (Wildman–Crippen LogP) is 10.8. The first-order valence-corrected chi connectivity index (χ1v) is 16.1. The van der Waals surface area contributed by atoms with Gasteiger partial charge in [-0.05, 0) is 19.8 Å². The average Bonchev–Trinajstić information content (AvgIpc) is 3.69. The topological polar surface area (TPSA) is 0 Å². The summed E-state index contributed by atoms with van der Waals surface area (Å²) in [6.07, 6.45) is 2.22. The third-order valence-corrected chi connectivity index (χ3v) is 9.44. The Morgan fingerprint density at radius 2 is 1.07 bits per heavy atom. The molecule has 206 valence electrons. The summed E-state index contributed by atoms with van der Waals surface area (Å²) in [5, 5.41) is 8.33. The van der Waals surface area contributed by atoms with Gasteiger partial charge in [0, 0.05) is 0 Å². The molecule has 7 rings (SSSR count). The number of fused-ring (bicyclic) bond motifs is 4. The Hall–Kier alpha value is -3.67. The first kappa shape index (κ1) is 29.8. The van der Waals surface area contributed by atoms with Crippen molar-refractivity contribution in [2.24, 2.45) is 0 Å². The van der Waals surface area contributed by atoms with Crippen LogP contribution in [0.25, 0.3) is 32.3 Å². The van der Waals surface area contributed by atoms with Crippen LogP contribution in [0.5, 0.6) is 0 Å². The molecule has 42 heavy (non-hydrogen) atoms. The molecule has 0 aromatic heterocycles. The number of hydrogen-bond donors (Lipinski definition) is 0. The van der Waals surface area contributed by atoms with Crippen LogP contribution in [0.2, 0.25) is 0 Å². The molecule has 7 aromatic carbocycles. The van der Waals surface area contributed by atoms with E-state index in [0.717, 1.165) is 12.8 Å². The van der Waals surface area contributed by atoms with Gasteiger partial charge in [0.1, 0.15) is 0 Å². The molecule has 0 N–H and O–H groups in total. The van der Waals surface area contributed by atoms with Gasteiger partial charge < -0.3 is 0 Å². The fourth-order valence-corrected chi connectivity index (χ4v) is 6.29. The van der Waals surface area contributed by atoms with Gasteiger partial charge in [-0.1, -0.05) is 67.8 Å². The van der Waals surface area contributed by atoms with Crippen molar-refractivity contribution in [1.82, 2.24) is 0 Å². The summed E-state index contributed by atoms with van der Waals surface area (Å²) in [5.74, 6) is 0. The van der Waals surface area contributed by atoms with Crippen LogP contribution in [-0.2, 0) is 37.1 Å². The maximum atomic E-state index is 2.32. The Bertz CT molecular complexity index is 1780.